The molecule has 100 valence electrons. The predicted molar refractivity (Wildman–Crippen MR) is 85.6 cm³/mol. The van der Waals surface area contributed by atoms with Crippen LogP contribution >= 0.6 is 27.5 Å². The Morgan fingerprint density at radius 3 is 2.63 bits per heavy atom. The number of aryl methyl sites for hydroxylation is 1. The Balaban J connectivity index is 2.04. The van der Waals surface area contributed by atoms with Gasteiger partial charge in [-0.15, -0.1) is 0 Å². The van der Waals surface area contributed by atoms with Gasteiger partial charge in [0.2, 0.25) is 0 Å². The van der Waals surface area contributed by atoms with E-state index in [0.29, 0.717) is 6.04 Å². The lowest BCUT2D eigenvalue weighted by Gasteiger charge is -2.17. The van der Waals surface area contributed by atoms with Crippen LogP contribution in [0.5, 0.6) is 0 Å². The zero-order chi connectivity index (χ0) is 13.8. The molecule has 0 heterocycles. The molecular formula is C16H17BrClN. The van der Waals surface area contributed by atoms with Crippen LogP contribution in [0.3, 0.4) is 0 Å². The van der Waals surface area contributed by atoms with Gasteiger partial charge in [0, 0.05) is 22.1 Å². The zero-order valence-corrected chi connectivity index (χ0v) is 13.4. The van der Waals surface area contributed by atoms with Gasteiger partial charge in [-0.1, -0.05) is 57.9 Å². The van der Waals surface area contributed by atoms with E-state index in [1.54, 1.807) is 0 Å². The van der Waals surface area contributed by atoms with Crippen LogP contribution in [-0.2, 0) is 6.54 Å². The summed E-state index contributed by atoms with van der Waals surface area (Å²) in [5.74, 6) is 0. The third-order valence-corrected chi connectivity index (χ3v) is 4.24. The maximum absolute atomic E-state index is 5.95. The third-order valence-electron chi connectivity index (χ3n) is 3.27. The fourth-order valence-corrected chi connectivity index (χ4v) is 2.93. The molecule has 0 aliphatic rings. The first-order valence-electron chi connectivity index (χ1n) is 6.31. The Morgan fingerprint density at radius 2 is 1.95 bits per heavy atom. The van der Waals surface area contributed by atoms with E-state index in [9.17, 15) is 0 Å². The van der Waals surface area contributed by atoms with Crippen molar-refractivity contribution in [2.75, 3.05) is 0 Å². The van der Waals surface area contributed by atoms with Gasteiger partial charge in [-0.05, 0) is 42.7 Å². The number of halogens is 2. The molecule has 1 N–H and O–H groups in total. The maximum Gasteiger partial charge on any atom is 0.0417 e. The van der Waals surface area contributed by atoms with Gasteiger partial charge >= 0.3 is 0 Å². The lowest BCUT2D eigenvalue weighted by atomic mass is 10.0. The van der Waals surface area contributed by atoms with Gasteiger partial charge in [0.05, 0.1) is 0 Å². The molecule has 0 unspecified atom stereocenters. The number of hydrogen-bond donors (Lipinski definition) is 1. The van der Waals surface area contributed by atoms with Gasteiger partial charge in [0.15, 0.2) is 0 Å². The van der Waals surface area contributed by atoms with Gasteiger partial charge in [-0.3, -0.25) is 0 Å². The molecule has 0 fully saturated rings. The summed E-state index contributed by atoms with van der Waals surface area (Å²) in [4.78, 5) is 0. The second-order valence-corrected chi connectivity index (χ2v) is 5.99. The molecule has 0 aromatic heterocycles. The third kappa shape index (κ3) is 3.82. The number of nitrogens with one attached hydrogen (secondary N) is 1. The minimum Gasteiger partial charge on any atom is -0.306 e. The fourth-order valence-electron chi connectivity index (χ4n) is 2.11. The lowest BCUT2D eigenvalue weighted by molar-refractivity contribution is 0.571. The second-order valence-electron chi connectivity index (χ2n) is 4.69. The van der Waals surface area contributed by atoms with Crippen molar-refractivity contribution in [3.8, 4) is 0 Å². The normalized spacial score (nSPS) is 12.4. The molecule has 2 rings (SSSR count). The lowest BCUT2D eigenvalue weighted by Crippen LogP contribution is -2.19. The number of hydrogen-bond acceptors (Lipinski definition) is 1. The van der Waals surface area contributed by atoms with Gasteiger partial charge in [-0.25, -0.2) is 0 Å². The fraction of sp³-hybridized carbons (Fsp3) is 0.250. The minimum atomic E-state index is 0.323. The molecule has 19 heavy (non-hydrogen) atoms. The smallest absolute Gasteiger partial charge is 0.0417 e. The van der Waals surface area contributed by atoms with Gasteiger partial charge < -0.3 is 5.32 Å². The minimum absolute atomic E-state index is 0.323. The van der Waals surface area contributed by atoms with Gasteiger partial charge in [0.25, 0.3) is 0 Å². The molecule has 1 nitrogen and oxygen atoms in total. The molecule has 0 aliphatic carbocycles. The van der Waals surface area contributed by atoms with Crippen LogP contribution in [0.2, 0.25) is 5.02 Å². The van der Waals surface area contributed by atoms with Crippen LogP contribution in [0.15, 0.2) is 46.9 Å². The Bertz CT molecular complexity index is 568. The SMILES string of the molecule is Cc1ccccc1[C@@H](C)NCc1ccc(Cl)cc1Br. The van der Waals surface area contributed by atoms with E-state index in [1.165, 1.54) is 16.7 Å². The molecular weight excluding hydrogens is 322 g/mol. The Hall–Kier alpha value is -0.830. The van der Waals surface area contributed by atoms with Crippen molar-refractivity contribution in [2.24, 2.45) is 0 Å². The van der Waals surface area contributed by atoms with Gasteiger partial charge in [0.1, 0.15) is 0 Å². The monoisotopic (exact) mass is 337 g/mol. The highest BCUT2D eigenvalue weighted by Gasteiger charge is 2.08. The molecule has 0 spiro atoms. The first-order valence-corrected chi connectivity index (χ1v) is 7.48. The summed E-state index contributed by atoms with van der Waals surface area (Å²) in [6.45, 7) is 5.14. The van der Waals surface area contributed by atoms with Crippen LogP contribution in [0.1, 0.15) is 29.7 Å². The van der Waals surface area contributed by atoms with Crippen molar-refractivity contribution < 1.29 is 0 Å². The van der Waals surface area contributed by atoms with Crippen molar-refractivity contribution in [1.82, 2.24) is 5.32 Å². The summed E-state index contributed by atoms with van der Waals surface area (Å²) in [5, 5.41) is 4.30. The highest BCUT2D eigenvalue weighted by Crippen LogP contribution is 2.23. The first-order chi connectivity index (χ1) is 9.08. The van der Waals surface area contributed by atoms with Crippen LogP contribution in [-0.4, -0.2) is 0 Å². The Kier molecular flexibility index (Phi) is 5.03. The molecule has 2 aromatic rings. The molecule has 0 amide bonds. The second kappa shape index (κ2) is 6.56. The van der Waals surface area contributed by atoms with Crippen molar-refractivity contribution in [2.45, 2.75) is 26.4 Å². The van der Waals surface area contributed by atoms with Crippen molar-refractivity contribution in [3.05, 3.63) is 68.7 Å². The first kappa shape index (κ1) is 14.6. The highest BCUT2D eigenvalue weighted by molar-refractivity contribution is 9.10. The molecule has 0 aliphatic heterocycles. The molecule has 0 radical (unpaired) electrons. The van der Waals surface area contributed by atoms with Crippen molar-refractivity contribution >= 4 is 27.5 Å². The largest absolute Gasteiger partial charge is 0.306 e. The van der Waals surface area contributed by atoms with E-state index in [4.69, 9.17) is 11.6 Å². The summed E-state index contributed by atoms with van der Waals surface area (Å²) in [5.41, 5.74) is 3.87. The Labute approximate surface area is 128 Å². The highest BCUT2D eigenvalue weighted by atomic mass is 79.9. The van der Waals surface area contributed by atoms with Gasteiger partial charge in [-0.2, -0.15) is 0 Å². The molecule has 1 atom stereocenters. The van der Waals surface area contributed by atoms with Crippen molar-refractivity contribution in [1.29, 1.82) is 0 Å². The predicted octanol–water partition coefficient (Wildman–Crippen LogP) is 5.26. The average Bonchev–Trinajstić information content (AvgIpc) is 2.38. The standard InChI is InChI=1S/C16H17BrClN/c1-11-5-3-4-6-15(11)12(2)19-10-13-7-8-14(18)9-16(13)17/h3-9,12,19H,10H2,1-2H3/t12-/m1/s1. The summed E-state index contributed by atoms with van der Waals surface area (Å²) in [6, 6.07) is 14.7. The van der Waals surface area contributed by atoms with E-state index in [1.807, 2.05) is 18.2 Å². The summed E-state index contributed by atoms with van der Waals surface area (Å²) < 4.78 is 1.05. The van der Waals surface area contributed by atoms with E-state index in [0.717, 1.165) is 16.0 Å². The molecule has 2 aromatic carbocycles. The molecule has 3 heteroatoms. The Morgan fingerprint density at radius 1 is 1.21 bits per heavy atom. The summed E-state index contributed by atoms with van der Waals surface area (Å²) in [7, 11) is 0. The van der Waals surface area contributed by atoms with Crippen LogP contribution in [0.4, 0.5) is 0 Å². The van der Waals surface area contributed by atoms with E-state index in [2.05, 4.69) is 59.4 Å². The van der Waals surface area contributed by atoms with Crippen LogP contribution in [0.25, 0.3) is 0 Å². The quantitative estimate of drug-likeness (QED) is 0.801. The van der Waals surface area contributed by atoms with E-state index in [-0.39, 0.29) is 0 Å². The number of benzene rings is 2. The average molecular weight is 339 g/mol. The van der Waals surface area contributed by atoms with E-state index >= 15 is 0 Å². The summed E-state index contributed by atoms with van der Waals surface area (Å²) >= 11 is 9.49. The van der Waals surface area contributed by atoms with Crippen LogP contribution in [0, 0.1) is 6.92 Å². The molecule has 0 bridgehead atoms. The zero-order valence-electron chi connectivity index (χ0n) is 11.1. The van der Waals surface area contributed by atoms with Crippen LogP contribution < -0.4 is 5.32 Å². The topological polar surface area (TPSA) is 12.0 Å². The van der Waals surface area contributed by atoms with E-state index < -0.39 is 0 Å². The summed E-state index contributed by atoms with van der Waals surface area (Å²) in [6.07, 6.45) is 0. The van der Waals surface area contributed by atoms with Crippen molar-refractivity contribution in [3.63, 3.8) is 0 Å². The maximum atomic E-state index is 5.95. The number of rotatable bonds is 4. The molecule has 0 saturated heterocycles. The molecule has 0 saturated carbocycles.